The van der Waals surface area contributed by atoms with Crippen LogP contribution in [0.1, 0.15) is 10.4 Å². The molecule has 0 aliphatic rings. The summed E-state index contributed by atoms with van der Waals surface area (Å²) in [5.74, 6) is -0.0189. The summed E-state index contributed by atoms with van der Waals surface area (Å²) in [6.45, 7) is 0.170. The number of ketones is 1. The van der Waals surface area contributed by atoms with Crippen LogP contribution < -0.4 is 9.64 Å². The highest BCUT2D eigenvalue weighted by molar-refractivity contribution is 9.10. The van der Waals surface area contributed by atoms with Crippen LogP contribution in [-0.4, -0.2) is 24.4 Å². The second-order valence-electron chi connectivity index (χ2n) is 5.09. The largest absolute Gasteiger partial charge is 0.343 e. The van der Waals surface area contributed by atoms with Gasteiger partial charge in [-0.1, -0.05) is 51.5 Å². The Labute approximate surface area is 145 Å². The van der Waals surface area contributed by atoms with Crippen LogP contribution in [0.3, 0.4) is 0 Å². The molecule has 1 aromatic heterocycles. The second kappa shape index (κ2) is 6.60. The molecule has 0 spiro atoms. The number of para-hydroxylation sites is 1. The Morgan fingerprint density at radius 1 is 1.17 bits per heavy atom. The van der Waals surface area contributed by atoms with Gasteiger partial charge in [0.05, 0.1) is 17.4 Å². The van der Waals surface area contributed by atoms with E-state index in [1.165, 1.54) is 0 Å². The Bertz CT molecular complexity index is 922. The first-order chi connectivity index (χ1) is 11.0. The summed E-state index contributed by atoms with van der Waals surface area (Å²) in [5, 5.41) is 1.15. The summed E-state index contributed by atoms with van der Waals surface area (Å²) < 4.78 is 0.880. The Hall–Kier alpha value is -2.05. The van der Waals surface area contributed by atoms with E-state index in [-0.39, 0.29) is 17.1 Å². The standard InChI is InChI=1S/C17H13BrN2O2S/c1-20(10-15(21)11-6-8-12(18)9-7-11)17-19-14-5-3-2-4-13(14)16(22)23-17/h2-9H,10H2,1H3. The van der Waals surface area contributed by atoms with Crippen molar-refractivity contribution in [2.24, 2.45) is 0 Å². The average Bonchev–Trinajstić information content (AvgIpc) is 2.55. The van der Waals surface area contributed by atoms with Crippen molar-refractivity contribution in [2.75, 3.05) is 18.5 Å². The van der Waals surface area contributed by atoms with E-state index in [2.05, 4.69) is 20.9 Å². The van der Waals surface area contributed by atoms with Crippen molar-refractivity contribution in [1.82, 2.24) is 4.98 Å². The molecule has 0 bridgehead atoms. The molecule has 4 nitrogen and oxygen atoms in total. The lowest BCUT2D eigenvalue weighted by molar-refractivity contribution is 0.100. The molecule has 0 amide bonds. The minimum Gasteiger partial charge on any atom is -0.343 e. The van der Waals surface area contributed by atoms with Crippen LogP contribution >= 0.6 is 27.3 Å². The molecule has 0 radical (unpaired) electrons. The molecule has 23 heavy (non-hydrogen) atoms. The van der Waals surface area contributed by atoms with E-state index in [0.717, 1.165) is 15.8 Å². The Morgan fingerprint density at radius 3 is 2.61 bits per heavy atom. The van der Waals surface area contributed by atoms with Crippen molar-refractivity contribution in [2.45, 2.75) is 0 Å². The predicted molar refractivity (Wildman–Crippen MR) is 97.6 cm³/mol. The number of nitrogens with zero attached hydrogens (tertiary/aromatic N) is 2. The zero-order valence-corrected chi connectivity index (χ0v) is 14.7. The first kappa shape index (κ1) is 15.8. The van der Waals surface area contributed by atoms with Crippen LogP contribution in [0.5, 0.6) is 0 Å². The Morgan fingerprint density at radius 2 is 1.87 bits per heavy atom. The molecule has 3 aromatic rings. The summed E-state index contributed by atoms with van der Waals surface area (Å²) in [4.78, 5) is 30.7. The number of halogens is 1. The number of aromatic nitrogens is 1. The molecule has 116 valence electrons. The summed E-state index contributed by atoms with van der Waals surface area (Å²) in [6, 6.07) is 14.4. The minimum atomic E-state index is -0.0476. The molecule has 0 saturated carbocycles. The Balaban J connectivity index is 1.85. The SMILES string of the molecule is CN(CC(=O)c1ccc(Br)cc1)c1nc2ccccc2c(=O)s1. The fourth-order valence-electron chi connectivity index (χ4n) is 2.18. The third-order valence-corrected chi connectivity index (χ3v) is 4.92. The fourth-order valence-corrected chi connectivity index (χ4v) is 3.26. The maximum atomic E-state index is 12.3. The predicted octanol–water partition coefficient (Wildman–Crippen LogP) is 3.74. The third kappa shape index (κ3) is 3.48. The second-order valence-corrected chi connectivity index (χ2v) is 6.94. The number of carbonyl (C=O) groups is 1. The quantitative estimate of drug-likeness (QED) is 0.638. The molecule has 0 N–H and O–H groups in total. The van der Waals surface area contributed by atoms with E-state index in [1.807, 2.05) is 24.3 Å². The van der Waals surface area contributed by atoms with E-state index in [9.17, 15) is 9.59 Å². The molecule has 2 aromatic carbocycles. The molecule has 3 rings (SSSR count). The highest BCUT2D eigenvalue weighted by Gasteiger charge is 2.13. The molecule has 1 heterocycles. The van der Waals surface area contributed by atoms with E-state index in [0.29, 0.717) is 21.6 Å². The third-order valence-electron chi connectivity index (χ3n) is 3.40. The van der Waals surface area contributed by atoms with Gasteiger partial charge < -0.3 is 4.90 Å². The molecular formula is C17H13BrN2O2S. The highest BCUT2D eigenvalue weighted by Crippen LogP contribution is 2.18. The smallest absolute Gasteiger partial charge is 0.245 e. The molecular weight excluding hydrogens is 376 g/mol. The van der Waals surface area contributed by atoms with Gasteiger partial charge in [-0.3, -0.25) is 9.59 Å². The van der Waals surface area contributed by atoms with Crippen molar-refractivity contribution in [3.8, 4) is 0 Å². The van der Waals surface area contributed by atoms with Crippen LogP contribution in [0.2, 0.25) is 0 Å². The van der Waals surface area contributed by atoms with Crippen LogP contribution in [0.4, 0.5) is 5.13 Å². The number of hydrogen-bond donors (Lipinski definition) is 0. The Kier molecular flexibility index (Phi) is 4.54. The van der Waals surface area contributed by atoms with Gasteiger partial charge >= 0.3 is 0 Å². The van der Waals surface area contributed by atoms with Crippen LogP contribution in [0.15, 0.2) is 57.8 Å². The number of rotatable bonds is 4. The molecule has 0 fully saturated rings. The van der Waals surface area contributed by atoms with Crippen LogP contribution in [-0.2, 0) is 0 Å². The topological polar surface area (TPSA) is 50.3 Å². The highest BCUT2D eigenvalue weighted by atomic mass is 79.9. The molecule has 0 unspecified atom stereocenters. The van der Waals surface area contributed by atoms with E-state index < -0.39 is 0 Å². The maximum absolute atomic E-state index is 12.3. The zero-order chi connectivity index (χ0) is 16.4. The van der Waals surface area contributed by atoms with Crippen molar-refractivity contribution in [1.29, 1.82) is 0 Å². The maximum Gasteiger partial charge on any atom is 0.245 e. The van der Waals surface area contributed by atoms with Crippen LogP contribution in [0, 0.1) is 0 Å². The number of likely N-dealkylation sites (N-methyl/N-ethyl adjacent to an activating group) is 1. The zero-order valence-electron chi connectivity index (χ0n) is 12.3. The van der Waals surface area contributed by atoms with Gasteiger partial charge in [-0.15, -0.1) is 0 Å². The number of Topliss-reactive ketones (excluding diaryl/α,β-unsaturated/α-hetero) is 1. The van der Waals surface area contributed by atoms with E-state index in [1.54, 1.807) is 36.2 Å². The summed E-state index contributed by atoms with van der Waals surface area (Å²) in [7, 11) is 1.77. The lowest BCUT2D eigenvalue weighted by Crippen LogP contribution is -2.26. The van der Waals surface area contributed by atoms with Gasteiger partial charge in [0, 0.05) is 17.1 Å². The first-order valence-electron chi connectivity index (χ1n) is 6.94. The number of carbonyl (C=O) groups excluding carboxylic acids is 1. The average molecular weight is 389 g/mol. The molecule has 6 heteroatoms. The number of hydrogen-bond acceptors (Lipinski definition) is 5. The number of anilines is 1. The first-order valence-corrected chi connectivity index (χ1v) is 8.55. The number of fused-ring (bicyclic) bond motifs is 1. The monoisotopic (exact) mass is 388 g/mol. The van der Waals surface area contributed by atoms with Crippen LogP contribution in [0.25, 0.3) is 10.9 Å². The molecule has 0 aliphatic heterocycles. The van der Waals surface area contributed by atoms with Gasteiger partial charge in [-0.05, 0) is 24.3 Å². The van der Waals surface area contributed by atoms with Gasteiger partial charge in [0.15, 0.2) is 10.9 Å². The fraction of sp³-hybridized carbons (Fsp3) is 0.118. The molecule has 0 aliphatic carbocycles. The lowest BCUT2D eigenvalue weighted by atomic mass is 10.1. The van der Waals surface area contributed by atoms with Crippen molar-refractivity contribution >= 4 is 49.1 Å². The summed E-state index contributed by atoms with van der Waals surface area (Å²) in [6.07, 6.45) is 0. The van der Waals surface area contributed by atoms with E-state index >= 15 is 0 Å². The number of benzene rings is 2. The van der Waals surface area contributed by atoms with Gasteiger partial charge in [0.25, 0.3) is 0 Å². The van der Waals surface area contributed by atoms with Gasteiger partial charge in [0.2, 0.25) is 4.74 Å². The van der Waals surface area contributed by atoms with Gasteiger partial charge in [0.1, 0.15) is 0 Å². The lowest BCUT2D eigenvalue weighted by Gasteiger charge is -2.16. The van der Waals surface area contributed by atoms with Gasteiger partial charge in [-0.2, -0.15) is 0 Å². The summed E-state index contributed by atoms with van der Waals surface area (Å²) in [5.41, 5.74) is 1.28. The normalized spacial score (nSPS) is 10.7. The molecule has 0 saturated heterocycles. The van der Waals surface area contributed by atoms with Gasteiger partial charge in [-0.25, -0.2) is 4.98 Å². The van der Waals surface area contributed by atoms with Crippen molar-refractivity contribution < 1.29 is 4.79 Å². The molecule has 0 atom stereocenters. The van der Waals surface area contributed by atoms with Crippen molar-refractivity contribution in [3.63, 3.8) is 0 Å². The summed E-state index contributed by atoms with van der Waals surface area (Å²) >= 11 is 4.40. The van der Waals surface area contributed by atoms with Crippen molar-refractivity contribution in [3.05, 3.63) is 68.1 Å². The minimum absolute atomic E-state index is 0.0189. The van der Waals surface area contributed by atoms with E-state index in [4.69, 9.17) is 0 Å².